The number of benzene rings is 4. The molecule has 0 aliphatic carbocycles. The van der Waals surface area contributed by atoms with Gasteiger partial charge in [-0.1, -0.05) is 60.7 Å². The van der Waals surface area contributed by atoms with Crippen LogP contribution in [0.4, 0.5) is 11.4 Å². The second-order valence-corrected chi connectivity index (χ2v) is 19.2. The van der Waals surface area contributed by atoms with Gasteiger partial charge in [0.1, 0.15) is 24.5 Å². The number of methoxy groups -OCH3 is 2. The van der Waals surface area contributed by atoms with Gasteiger partial charge in [-0.25, -0.2) is 9.67 Å². The van der Waals surface area contributed by atoms with Crippen molar-refractivity contribution in [2.75, 3.05) is 64.4 Å². The lowest BCUT2D eigenvalue weighted by molar-refractivity contribution is -0.120. The van der Waals surface area contributed by atoms with Gasteiger partial charge in [0.25, 0.3) is 11.8 Å². The molecule has 4 unspecified atom stereocenters. The Labute approximate surface area is 420 Å². The second kappa shape index (κ2) is 23.3. The molecular formula is C54H55N7O8S2. The number of anilines is 2. The molecule has 4 atom stereocenters. The van der Waals surface area contributed by atoms with E-state index in [1.54, 1.807) is 69.8 Å². The van der Waals surface area contributed by atoms with Crippen LogP contribution >= 0.6 is 22.7 Å². The maximum absolute atomic E-state index is 13.8. The van der Waals surface area contributed by atoms with Gasteiger partial charge in [0.15, 0.2) is 0 Å². The molecule has 1 fully saturated rings. The maximum atomic E-state index is 13.8. The molecule has 1 saturated heterocycles. The fourth-order valence-electron chi connectivity index (χ4n) is 9.41. The molecule has 0 saturated carbocycles. The van der Waals surface area contributed by atoms with Gasteiger partial charge in [-0.3, -0.25) is 19.2 Å². The fourth-order valence-corrected chi connectivity index (χ4v) is 11.2. The molecule has 366 valence electrons. The highest BCUT2D eigenvalue weighted by Gasteiger charge is 2.46. The molecule has 0 spiro atoms. The van der Waals surface area contributed by atoms with Gasteiger partial charge in [0.05, 0.1) is 56.9 Å². The number of amides is 4. The smallest absolute Gasteiger partial charge is 0.254 e. The van der Waals surface area contributed by atoms with Gasteiger partial charge in [0.2, 0.25) is 11.8 Å². The van der Waals surface area contributed by atoms with Gasteiger partial charge in [-0.15, -0.1) is 22.7 Å². The Bertz CT molecular complexity index is 2860. The zero-order valence-electron chi connectivity index (χ0n) is 39.4. The van der Waals surface area contributed by atoms with E-state index in [4.69, 9.17) is 18.9 Å². The molecule has 3 aromatic heterocycles. The summed E-state index contributed by atoms with van der Waals surface area (Å²) in [5.41, 5.74) is 5.02. The highest BCUT2D eigenvalue weighted by atomic mass is 32.1. The zero-order chi connectivity index (χ0) is 49.1. The third-order valence-electron chi connectivity index (χ3n) is 12.8. The average Bonchev–Trinajstić information content (AvgIpc) is 4.24. The van der Waals surface area contributed by atoms with Gasteiger partial charge in [-0.2, -0.15) is 5.10 Å². The average molecular weight is 994 g/mol. The lowest BCUT2D eigenvalue weighted by atomic mass is 9.81. The number of thiophene rings is 2. The summed E-state index contributed by atoms with van der Waals surface area (Å²) >= 11 is 3.10. The second-order valence-electron chi connectivity index (χ2n) is 17.3. The van der Waals surface area contributed by atoms with Crippen molar-refractivity contribution < 1.29 is 38.1 Å². The monoisotopic (exact) mass is 993 g/mol. The number of nitrogens with zero attached hydrogens (tertiary/aromatic N) is 5. The summed E-state index contributed by atoms with van der Waals surface area (Å²) in [5, 5.41) is 14.2. The minimum atomic E-state index is -0.562. The number of hydrogen-bond acceptors (Lipinski definition) is 12. The van der Waals surface area contributed by atoms with E-state index in [0.717, 1.165) is 58.2 Å². The van der Waals surface area contributed by atoms with Crippen LogP contribution in [-0.4, -0.2) is 108 Å². The first-order chi connectivity index (χ1) is 34.8. The van der Waals surface area contributed by atoms with Gasteiger partial charge >= 0.3 is 0 Å². The molecule has 4 aromatic carbocycles. The number of aromatic nitrogens is 3. The first kappa shape index (κ1) is 49.0. The van der Waals surface area contributed by atoms with E-state index < -0.39 is 23.9 Å². The van der Waals surface area contributed by atoms with Crippen molar-refractivity contribution in [1.82, 2.24) is 24.6 Å². The van der Waals surface area contributed by atoms with Crippen LogP contribution in [0.15, 0.2) is 145 Å². The molecule has 3 aliphatic heterocycles. The molecule has 17 heteroatoms. The molecular weight excluding hydrogens is 939 g/mol. The normalized spacial score (nSPS) is 18.7. The number of hydrogen-bond donors (Lipinski definition) is 2. The summed E-state index contributed by atoms with van der Waals surface area (Å²) in [7, 11) is 3.22. The van der Waals surface area contributed by atoms with Gasteiger partial charge < -0.3 is 39.4 Å². The van der Waals surface area contributed by atoms with Crippen LogP contribution in [0.3, 0.4) is 0 Å². The third-order valence-corrected chi connectivity index (χ3v) is 14.7. The predicted octanol–water partition coefficient (Wildman–Crippen LogP) is 8.83. The van der Waals surface area contributed by atoms with Crippen molar-refractivity contribution in [3.63, 3.8) is 0 Å². The molecule has 10 rings (SSSR count). The quantitative estimate of drug-likeness (QED) is 0.0956. The summed E-state index contributed by atoms with van der Waals surface area (Å²) in [5.74, 6) is -0.835. The van der Waals surface area contributed by atoms with Crippen LogP contribution in [0.25, 0.3) is 0 Å². The number of ether oxygens (including phenoxy) is 4. The summed E-state index contributed by atoms with van der Waals surface area (Å²) in [6.07, 6.45) is 5.07. The van der Waals surface area contributed by atoms with E-state index in [2.05, 4.69) is 20.7 Å². The van der Waals surface area contributed by atoms with Crippen molar-refractivity contribution in [3.05, 3.63) is 182 Å². The molecule has 3 aliphatic rings. The van der Waals surface area contributed by atoms with Crippen molar-refractivity contribution in [2.24, 2.45) is 0 Å². The molecule has 4 amide bonds. The van der Waals surface area contributed by atoms with Crippen LogP contribution in [0.1, 0.15) is 83.9 Å². The third kappa shape index (κ3) is 11.3. The van der Waals surface area contributed by atoms with Crippen LogP contribution in [0, 0.1) is 0 Å². The van der Waals surface area contributed by atoms with Crippen LogP contribution in [0.5, 0.6) is 5.75 Å². The van der Waals surface area contributed by atoms with Gasteiger partial charge in [0, 0.05) is 72.4 Å². The first-order valence-electron chi connectivity index (χ1n) is 23.5. The Morgan fingerprint density at radius 3 is 1.63 bits per heavy atom. The number of fused-ring (bicyclic) bond motifs is 2. The van der Waals surface area contributed by atoms with E-state index in [0.29, 0.717) is 55.3 Å². The first-order valence-corrected chi connectivity index (χ1v) is 25.3. The maximum Gasteiger partial charge on any atom is 0.254 e. The number of rotatable bonds is 16. The summed E-state index contributed by atoms with van der Waals surface area (Å²) in [6.45, 7) is 3.60. The van der Waals surface area contributed by atoms with Crippen molar-refractivity contribution in [2.45, 2.75) is 49.4 Å². The molecule has 71 heavy (non-hydrogen) atoms. The van der Waals surface area contributed by atoms with Crippen molar-refractivity contribution in [3.8, 4) is 5.75 Å². The number of carbonyl (C=O) groups is 4. The highest BCUT2D eigenvalue weighted by Crippen LogP contribution is 2.46. The molecule has 6 heterocycles. The van der Waals surface area contributed by atoms with Crippen LogP contribution in [-0.2, 0) is 30.3 Å². The zero-order valence-corrected chi connectivity index (χ0v) is 41.1. The van der Waals surface area contributed by atoms with Gasteiger partial charge in [-0.05, 0) is 88.1 Å². The Kier molecular flexibility index (Phi) is 16.0. The Balaban J connectivity index is 0.000000176. The highest BCUT2D eigenvalue weighted by molar-refractivity contribution is 7.10. The SMILES string of the molecule is COCCN1C(=O)c2ccccc2C(C(=O)Nc2ccc(Cn3cncn3)cc2)C1c1cccs1.COCCN1C(=O)c2ccccc2C(C(=O)Nc2ccc(OC3CCOCC3)cc2)C1c1cccs1. The van der Waals surface area contributed by atoms with E-state index in [1.165, 1.54) is 6.33 Å². The lowest BCUT2D eigenvalue weighted by Gasteiger charge is -2.41. The lowest BCUT2D eigenvalue weighted by Crippen LogP contribution is -2.47. The molecule has 7 aromatic rings. The summed E-state index contributed by atoms with van der Waals surface area (Å²) in [6, 6.07) is 37.0. The van der Waals surface area contributed by atoms with Crippen molar-refractivity contribution >= 4 is 57.7 Å². The standard InChI is InChI=1S/C28H30N2O5S.C26H25N5O3S/c1-33-17-14-30-26(24-7-4-18-36-24)25(22-5-2-3-6-23(22)28(30)32)27(31)29-19-8-10-20(11-9-19)35-21-12-15-34-16-13-21;1-34-13-12-31-24(22-7-4-14-35-22)23(20-5-2-3-6-21(20)26(31)33)25(32)29-19-10-8-18(9-11-19)15-30-17-27-16-28-30/h2-11,18,21,25-26H,12-17H2,1H3,(H,29,31);2-11,14,16-17,23-24H,12-13,15H2,1H3,(H,29,32). The van der Waals surface area contributed by atoms with E-state index in [-0.39, 0.29) is 29.7 Å². The predicted molar refractivity (Wildman–Crippen MR) is 272 cm³/mol. The summed E-state index contributed by atoms with van der Waals surface area (Å²) < 4.78 is 23.8. The minimum Gasteiger partial charge on any atom is -0.490 e. The van der Waals surface area contributed by atoms with E-state index >= 15 is 0 Å². The molecule has 0 bridgehead atoms. The van der Waals surface area contributed by atoms with Crippen LogP contribution in [0.2, 0.25) is 0 Å². The Morgan fingerprint density at radius 1 is 0.662 bits per heavy atom. The molecule has 15 nitrogen and oxygen atoms in total. The molecule has 0 radical (unpaired) electrons. The number of nitrogens with one attached hydrogen (secondary N) is 2. The van der Waals surface area contributed by atoms with Crippen LogP contribution < -0.4 is 15.4 Å². The van der Waals surface area contributed by atoms with Crippen molar-refractivity contribution in [1.29, 1.82) is 0 Å². The minimum absolute atomic E-state index is 0.0836. The molecule has 2 N–H and O–H groups in total. The van der Waals surface area contributed by atoms with E-state index in [1.807, 2.05) is 120 Å². The number of carbonyl (C=O) groups excluding carboxylic acids is 4. The Morgan fingerprint density at radius 2 is 1.17 bits per heavy atom. The van der Waals surface area contributed by atoms with E-state index in [9.17, 15) is 19.2 Å². The summed E-state index contributed by atoms with van der Waals surface area (Å²) in [4.78, 5) is 64.0. The Hall–Kier alpha value is -7.02. The fraction of sp³-hybridized carbons (Fsp3) is 0.296. The topological polar surface area (TPSA) is 166 Å². The largest absolute Gasteiger partial charge is 0.490 e.